The zero-order valence-electron chi connectivity index (χ0n) is 11.3. The van der Waals surface area contributed by atoms with Gasteiger partial charge in [0.1, 0.15) is 0 Å². The first kappa shape index (κ1) is 15.3. The van der Waals surface area contributed by atoms with Gasteiger partial charge in [0.25, 0.3) is 5.76 Å². The molecular weight excluding hydrogens is 294 g/mol. The molecule has 110 valence electrons. The van der Waals surface area contributed by atoms with Crippen LogP contribution in [0.2, 0.25) is 0 Å². The van der Waals surface area contributed by atoms with E-state index in [0.717, 1.165) is 0 Å². The summed E-state index contributed by atoms with van der Waals surface area (Å²) >= 11 is 0.475. The maximum Gasteiger partial charge on any atom is 0.288 e. The molecular formula is C15H14F2N2OS. The zero-order valence-corrected chi connectivity index (χ0v) is 12.1. The van der Waals surface area contributed by atoms with E-state index in [-0.39, 0.29) is 5.78 Å². The lowest BCUT2D eigenvalue weighted by Gasteiger charge is -2.12. The molecule has 0 spiro atoms. The summed E-state index contributed by atoms with van der Waals surface area (Å²) in [5, 5.41) is 3.04. The van der Waals surface area contributed by atoms with Gasteiger partial charge >= 0.3 is 0 Å². The number of ketones is 1. The maximum absolute atomic E-state index is 12.5. The van der Waals surface area contributed by atoms with Crippen molar-refractivity contribution in [1.29, 1.82) is 0 Å². The largest absolute Gasteiger partial charge is 0.398 e. The van der Waals surface area contributed by atoms with Crippen LogP contribution in [0, 0.1) is 0 Å². The standard InChI is InChI=1S/C15H14F2N2OS/c1-9(20)11-7-6-10(8-12(11)18)19-13-4-2-3-5-14(13)21-15(16)17/h2-8,15,19H,18H2,1H3. The second-order valence-corrected chi connectivity index (χ2v) is 5.39. The Labute approximate surface area is 125 Å². The van der Waals surface area contributed by atoms with Gasteiger partial charge in [0.05, 0.1) is 5.69 Å². The minimum absolute atomic E-state index is 0.118. The fourth-order valence-corrected chi connectivity index (χ4v) is 2.48. The van der Waals surface area contributed by atoms with Gasteiger partial charge in [-0.2, -0.15) is 8.78 Å². The lowest BCUT2D eigenvalue weighted by atomic mass is 10.1. The second kappa shape index (κ2) is 6.58. The van der Waals surface area contributed by atoms with E-state index in [1.807, 2.05) is 0 Å². The van der Waals surface area contributed by atoms with Crippen molar-refractivity contribution in [3.05, 3.63) is 48.0 Å². The summed E-state index contributed by atoms with van der Waals surface area (Å²) in [5.74, 6) is -2.61. The monoisotopic (exact) mass is 308 g/mol. The van der Waals surface area contributed by atoms with E-state index in [1.54, 1.807) is 42.5 Å². The van der Waals surface area contributed by atoms with Crippen LogP contribution in [0.25, 0.3) is 0 Å². The molecule has 2 aromatic carbocycles. The number of rotatable bonds is 5. The van der Waals surface area contributed by atoms with Crippen molar-refractivity contribution < 1.29 is 13.6 Å². The van der Waals surface area contributed by atoms with E-state index < -0.39 is 5.76 Å². The number of halogens is 2. The van der Waals surface area contributed by atoms with Gasteiger partial charge in [0.15, 0.2) is 5.78 Å². The van der Waals surface area contributed by atoms with E-state index in [0.29, 0.717) is 39.3 Å². The number of anilines is 3. The molecule has 3 N–H and O–H groups in total. The Kier molecular flexibility index (Phi) is 4.80. The molecule has 0 atom stereocenters. The van der Waals surface area contributed by atoms with Gasteiger partial charge in [0.2, 0.25) is 0 Å². The van der Waals surface area contributed by atoms with Gasteiger partial charge < -0.3 is 11.1 Å². The zero-order chi connectivity index (χ0) is 15.4. The molecule has 0 radical (unpaired) electrons. The summed E-state index contributed by atoms with van der Waals surface area (Å²) in [6.07, 6.45) is 0. The topological polar surface area (TPSA) is 55.1 Å². The number of nitrogens with one attached hydrogen (secondary N) is 1. The number of carbonyl (C=O) groups is 1. The number of hydrogen-bond donors (Lipinski definition) is 2. The molecule has 0 aliphatic heterocycles. The minimum Gasteiger partial charge on any atom is -0.398 e. The Morgan fingerprint density at radius 2 is 1.95 bits per heavy atom. The summed E-state index contributed by atoms with van der Waals surface area (Å²) in [4.78, 5) is 11.8. The van der Waals surface area contributed by atoms with Gasteiger partial charge in [-0.05, 0) is 37.3 Å². The van der Waals surface area contributed by atoms with E-state index in [4.69, 9.17) is 5.73 Å². The van der Waals surface area contributed by atoms with Crippen molar-refractivity contribution >= 4 is 34.6 Å². The van der Waals surface area contributed by atoms with Crippen LogP contribution in [-0.4, -0.2) is 11.5 Å². The van der Waals surface area contributed by atoms with Gasteiger partial charge in [0, 0.05) is 21.8 Å². The van der Waals surface area contributed by atoms with Crippen LogP contribution in [0.15, 0.2) is 47.4 Å². The number of nitrogens with two attached hydrogens (primary N) is 1. The highest BCUT2D eigenvalue weighted by Crippen LogP contribution is 2.33. The fraction of sp³-hybridized carbons (Fsp3) is 0.133. The average molecular weight is 308 g/mol. The number of carbonyl (C=O) groups excluding carboxylic acids is 1. The van der Waals surface area contributed by atoms with E-state index in [9.17, 15) is 13.6 Å². The molecule has 21 heavy (non-hydrogen) atoms. The SMILES string of the molecule is CC(=O)c1ccc(Nc2ccccc2SC(F)F)cc1N. The third kappa shape index (κ3) is 3.95. The Morgan fingerprint density at radius 3 is 2.57 bits per heavy atom. The first-order chi connectivity index (χ1) is 9.97. The van der Waals surface area contributed by atoms with Crippen LogP contribution < -0.4 is 11.1 Å². The fourth-order valence-electron chi connectivity index (χ4n) is 1.89. The van der Waals surface area contributed by atoms with E-state index in [1.165, 1.54) is 6.92 Å². The minimum atomic E-state index is -2.49. The predicted molar refractivity (Wildman–Crippen MR) is 82.4 cm³/mol. The number of thioether (sulfide) groups is 1. The molecule has 0 aliphatic rings. The molecule has 0 saturated carbocycles. The van der Waals surface area contributed by atoms with Crippen molar-refractivity contribution in [2.75, 3.05) is 11.1 Å². The summed E-state index contributed by atoms with van der Waals surface area (Å²) in [5.41, 5.74) is 7.81. The molecule has 0 aromatic heterocycles. The van der Waals surface area contributed by atoms with Gasteiger partial charge in [-0.3, -0.25) is 4.79 Å². The van der Waals surface area contributed by atoms with Gasteiger partial charge in [-0.15, -0.1) is 0 Å². The molecule has 0 heterocycles. The maximum atomic E-state index is 12.5. The summed E-state index contributed by atoms with van der Waals surface area (Å²) in [6, 6.07) is 11.7. The van der Waals surface area contributed by atoms with Crippen LogP contribution in [0.4, 0.5) is 25.8 Å². The van der Waals surface area contributed by atoms with Gasteiger partial charge in [-0.25, -0.2) is 0 Å². The first-order valence-corrected chi connectivity index (χ1v) is 7.06. The van der Waals surface area contributed by atoms with Crippen LogP contribution in [-0.2, 0) is 0 Å². The third-order valence-electron chi connectivity index (χ3n) is 2.81. The molecule has 2 aromatic rings. The van der Waals surface area contributed by atoms with Crippen LogP contribution in [0.1, 0.15) is 17.3 Å². The third-order valence-corrected chi connectivity index (χ3v) is 3.60. The number of para-hydroxylation sites is 1. The van der Waals surface area contributed by atoms with E-state index >= 15 is 0 Å². The molecule has 0 saturated heterocycles. The first-order valence-electron chi connectivity index (χ1n) is 6.18. The van der Waals surface area contributed by atoms with E-state index in [2.05, 4.69) is 5.32 Å². The van der Waals surface area contributed by atoms with Crippen molar-refractivity contribution in [3.63, 3.8) is 0 Å². The smallest absolute Gasteiger partial charge is 0.288 e. The number of benzene rings is 2. The normalized spacial score (nSPS) is 10.7. The highest BCUT2D eigenvalue weighted by Gasteiger charge is 2.10. The van der Waals surface area contributed by atoms with Crippen molar-refractivity contribution in [2.24, 2.45) is 0 Å². The Balaban J connectivity index is 2.26. The lowest BCUT2D eigenvalue weighted by molar-refractivity contribution is 0.101. The molecule has 0 amide bonds. The Bertz CT molecular complexity index is 662. The second-order valence-electron chi connectivity index (χ2n) is 4.36. The Morgan fingerprint density at radius 1 is 1.24 bits per heavy atom. The quantitative estimate of drug-likeness (QED) is 0.484. The summed E-state index contributed by atoms with van der Waals surface area (Å²) in [7, 11) is 0. The average Bonchev–Trinajstić information content (AvgIpc) is 2.40. The number of alkyl halides is 2. The van der Waals surface area contributed by atoms with Crippen molar-refractivity contribution in [3.8, 4) is 0 Å². The lowest BCUT2D eigenvalue weighted by Crippen LogP contribution is -2.01. The molecule has 0 bridgehead atoms. The van der Waals surface area contributed by atoms with Crippen LogP contribution >= 0.6 is 11.8 Å². The molecule has 2 rings (SSSR count). The number of nitrogen functional groups attached to an aromatic ring is 1. The van der Waals surface area contributed by atoms with Crippen molar-refractivity contribution in [1.82, 2.24) is 0 Å². The number of Topliss-reactive ketones (excluding diaryl/α,β-unsaturated/α-hetero) is 1. The summed E-state index contributed by atoms with van der Waals surface area (Å²) < 4.78 is 25.0. The van der Waals surface area contributed by atoms with Crippen LogP contribution in [0.3, 0.4) is 0 Å². The molecule has 6 heteroatoms. The summed E-state index contributed by atoms with van der Waals surface area (Å²) in [6.45, 7) is 1.44. The number of hydrogen-bond acceptors (Lipinski definition) is 4. The highest BCUT2D eigenvalue weighted by molar-refractivity contribution is 7.99. The molecule has 0 unspecified atom stereocenters. The highest BCUT2D eigenvalue weighted by atomic mass is 32.2. The Hall–Kier alpha value is -2.08. The molecule has 3 nitrogen and oxygen atoms in total. The predicted octanol–water partition coefficient (Wildman–Crippen LogP) is 4.53. The van der Waals surface area contributed by atoms with Gasteiger partial charge in [-0.1, -0.05) is 23.9 Å². The molecule has 0 fully saturated rings. The molecule has 0 aliphatic carbocycles. The van der Waals surface area contributed by atoms with Crippen LogP contribution in [0.5, 0.6) is 0 Å². The van der Waals surface area contributed by atoms with Crippen molar-refractivity contribution in [2.45, 2.75) is 17.6 Å².